The van der Waals surface area contributed by atoms with Gasteiger partial charge in [-0.3, -0.25) is 4.79 Å². The van der Waals surface area contributed by atoms with E-state index in [-0.39, 0.29) is 11.1 Å². The standard InChI is InChI=1S/C10H6BrNO3/c1-15-10(14)7-3-2-6(5-13)9(11)8(7)4-12/h2-3,5H,1H3. The summed E-state index contributed by atoms with van der Waals surface area (Å²) in [5.41, 5.74) is 0.558. The molecule has 5 heteroatoms. The third-order valence-corrected chi connectivity index (χ3v) is 2.67. The van der Waals surface area contributed by atoms with Gasteiger partial charge in [0.15, 0.2) is 6.29 Å². The minimum absolute atomic E-state index is 0.103. The van der Waals surface area contributed by atoms with Gasteiger partial charge in [-0.2, -0.15) is 5.26 Å². The van der Waals surface area contributed by atoms with Gasteiger partial charge in [0.25, 0.3) is 0 Å². The van der Waals surface area contributed by atoms with Gasteiger partial charge in [-0.1, -0.05) is 0 Å². The number of ether oxygens (including phenoxy) is 1. The van der Waals surface area contributed by atoms with Crippen LogP contribution in [0.4, 0.5) is 0 Å². The number of rotatable bonds is 2. The number of methoxy groups -OCH3 is 1. The number of esters is 1. The quantitative estimate of drug-likeness (QED) is 0.607. The van der Waals surface area contributed by atoms with Crippen LogP contribution in [-0.2, 0) is 4.74 Å². The highest BCUT2D eigenvalue weighted by Crippen LogP contribution is 2.24. The van der Waals surface area contributed by atoms with Gasteiger partial charge >= 0.3 is 5.97 Å². The highest BCUT2D eigenvalue weighted by atomic mass is 79.9. The molecule has 15 heavy (non-hydrogen) atoms. The van der Waals surface area contributed by atoms with Crippen molar-refractivity contribution in [3.8, 4) is 6.07 Å². The number of nitriles is 1. The van der Waals surface area contributed by atoms with E-state index in [0.717, 1.165) is 0 Å². The van der Waals surface area contributed by atoms with Gasteiger partial charge in [0, 0.05) is 10.0 Å². The van der Waals surface area contributed by atoms with Crippen molar-refractivity contribution in [1.82, 2.24) is 0 Å². The zero-order valence-corrected chi connectivity index (χ0v) is 9.37. The van der Waals surface area contributed by atoms with E-state index in [1.165, 1.54) is 19.2 Å². The highest BCUT2D eigenvalue weighted by Gasteiger charge is 2.16. The summed E-state index contributed by atoms with van der Waals surface area (Å²) in [6, 6.07) is 4.68. The Balaban J connectivity index is 3.45. The van der Waals surface area contributed by atoms with Crippen molar-refractivity contribution in [2.24, 2.45) is 0 Å². The third kappa shape index (κ3) is 2.05. The molecule has 1 rings (SSSR count). The van der Waals surface area contributed by atoms with Crippen LogP contribution >= 0.6 is 15.9 Å². The van der Waals surface area contributed by atoms with Crippen LogP contribution in [-0.4, -0.2) is 19.4 Å². The molecule has 0 bridgehead atoms. The lowest BCUT2D eigenvalue weighted by atomic mass is 10.1. The smallest absolute Gasteiger partial charge is 0.339 e. The number of carbonyl (C=O) groups is 2. The Labute approximate surface area is 94.6 Å². The molecule has 1 aromatic rings. The second kappa shape index (κ2) is 4.71. The van der Waals surface area contributed by atoms with Crippen molar-refractivity contribution in [3.05, 3.63) is 33.3 Å². The number of hydrogen-bond acceptors (Lipinski definition) is 4. The first kappa shape index (κ1) is 11.4. The molecule has 0 saturated carbocycles. The molecule has 0 fully saturated rings. The first-order valence-electron chi connectivity index (χ1n) is 3.91. The van der Waals surface area contributed by atoms with Crippen LogP contribution in [0.2, 0.25) is 0 Å². The normalized spacial score (nSPS) is 9.13. The third-order valence-electron chi connectivity index (χ3n) is 1.82. The molecule has 0 aliphatic heterocycles. The highest BCUT2D eigenvalue weighted by molar-refractivity contribution is 9.10. The van der Waals surface area contributed by atoms with E-state index < -0.39 is 5.97 Å². The number of benzene rings is 1. The SMILES string of the molecule is COC(=O)c1ccc(C=O)c(Br)c1C#N. The van der Waals surface area contributed by atoms with Gasteiger partial charge in [-0.15, -0.1) is 0 Å². The number of aldehydes is 1. The van der Waals surface area contributed by atoms with Crippen molar-refractivity contribution in [1.29, 1.82) is 5.26 Å². The van der Waals surface area contributed by atoms with Crippen LogP contribution < -0.4 is 0 Å². The minimum Gasteiger partial charge on any atom is -0.465 e. The average molecular weight is 268 g/mol. The maximum atomic E-state index is 11.3. The predicted molar refractivity (Wildman–Crippen MR) is 55.6 cm³/mol. The second-order valence-corrected chi connectivity index (χ2v) is 3.41. The van der Waals surface area contributed by atoms with Crippen molar-refractivity contribution in [2.45, 2.75) is 0 Å². The van der Waals surface area contributed by atoms with Crippen LogP contribution in [0.3, 0.4) is 0 Å². The van der Waals surface area contributed by atoms with Gasteiger partial charge in [-0.25, -0.2) is 4.79 Å². The molecule has 0 heterocycles. The van der Waals surface area contributed by atoms with Gasteiger partial charge < -0.3 is 4.74 Å². The Morgan fingerprint density at radius 3 is 2.73 bits per heavy atom. The molecule has 0 amide bonds. The lowest BCUT2D eigenvalue weighted by Crippen LogP contribution is -2.05. The lowest BCUT2D eigenvalue weighted by Gasteiger charge is -2.05. The topological polar surface area (TPSA) is 67.2 Å². The van der Waals surface area contributed by atoms with E-state index in [2.05, 4.69) is 20.7 Å². The van der Waals surface area contributed by atoms with Crippen molar-refractivity contribution in [3.63, 3.8) is 0 Å². The van der Waals surface area contributed by atoms with Crippen LogP contribution in [0.5, 0.6) is 0 Å². The molecule has 0 atom stereocenters. The predicted octanol–water partition coefficient (Wildman–Crippen LogP) is 1.92. The molecule has 1 aromatic carbocycles. The summed E-state index contributed by atoms with van der Waals surface area (Å²) in [6.07, 6.45) is 0.603. The molecule has 0 spiro atoms. The average Bonchev–Trinajstić information content (AvgIpc) is 2.27. The van der Waals surface area contributed by atoms with Crippen LogP contribution in [0.1, 0.15) is 26.3 Å². The molecule has 0 radical (unpaired) electrons. The summed E-state index contributed by atoms with van der Waals surface area (Å²) >= 11 is 3.09. The largest absolute Gasteiger partial charge is 0.465 e. The van der Waals surface area contributed by atoms with Gasteiger partial charge in [0.05, 0.1) is 18.2 Å². The Bertz CT molecular complexity index is 462. The zero-order valence-electron chi connectivity index (χ0n) is 7.78. The fourth-order valence-electron chi connectivity index (χ4n) is 1.07. The molecule has 0 aliphatic carbocycles. The first-order valence-corrected chi connectivity index (χ1v) is 4.71. The molecule has 0 saturated heterocycles. The molecule has 0 unspecified atom stereocenters. The summed E-state index contributed by atoms with van der Waals surface area (Å²) in [5.74, 6) is -0.607. The fraction of sp³-hybridized carbons (Fsp3) is 0.100. The summed E-state index contributed by atoms with van der Waals surface area (Å²) in [7, 11) is 1.23. The molecular weight excluding hydrogens is 262 g/mol. The lowest BCUT2D eigenvalue weighted by molar-refractivity contribution is 0.0600. The number of carbonyl (C=O) groups excluding carboxylic acids is 2. The van der Waals surface area contributed by atoms with E-state index >= 15 is 0 Å². The van der Waals surface area contributed by atoms with Crippen LogP contribution in [0.15, 0.2) is 16.6 Å². The molecule has 4 nitrogen and oxygen atoms in total. The van der Waals surface area contributed by atoms with Crippen molar-refractivity contribution < 1.29 is 14.3 Å². The number of hydrogen-bond donors (Lipinski definition) is 0. The second-order valence-electron chi connectivity index (χ2n) is 2.61. The van der Waals surface area contributed by atoms with E-state index in [0.29, 0.717) is 16.3 Å². The zero-order chi connectivity index (χ0) is 11.4. The Morgan fingerprint density at radius 2 is 2.27 bits per heavy atom. The molecule has 0 aromatic heterocycles. The van der Waals surface area contributed by atoms with Gasteiger partial charge in [0.2, 0.25) is 0 Å². The maximum Gasteiger partial charge on any atom is 0.339 e. The van der Waals surface area contributed by atoms with Crippen LogP contribution in [0, 0.1) is 11.3 Å². The van der Waals surface area contributed by atoms with E-state index in [1.54, 1.807) is 0 Å². The van der Waals surface area contributed by atoms with E-state index in [9.17, 15) is 9.59 Å². The number of nitrogens with zero attached hydrogens (tertiary/aromatic N) is 1. The molecule has 0 aliphatic rings. The molecule has 76 valence electrons. The van der Waals surface area contributed by atoms with Gasteiger partial charge in [-0.05, 0) is 28.1 Å². The Kier molecular flexibility index (Phi) is 3.58. The summed E-state index contributed by atoms with van der Waals surface area (Å²) in [4.78, 5) is 21.9. The molecule has 0 N–H and O–H groups in total. The Hall–Kier alpha value is -1.67. The first-order chi connectivity index (χ1) is 7.15. The fourth-order valence-corrected chi connectivity index (χ4v) is 1.60. The number of halogens is 1. The van der Waals surface area contributed by atoms with Gasteiger partial charge in [0.1, 0.15) is 6.07 Å². The van der Waals surface area contributed by atoms with Crippen LogP contribution in [0.25, 0.3) is 0 Å². The van der Waals surface area contributed by atoms with Crippen molar-refractivity contribution >= 4 is 28.2 Å². The monoisotopic (exact) mass is 267 g/mol. The van der Waals surface area contributed by atoms with Crippen molar-refractivity contribution in [2.75, 3.05) is 7.11 Å². The summed E-state index contributed by atoms with van der Waals surface area (Å²) in [6.45, 7) is 0. The minimum atomic E-state index is -0.607. The Morgan fingerprint density at radius 1 is 1.60 bits per heavy atom. The summed E-state index contributed by atoms with van der Waals surface area (Å²) < 4.78 is 4.82. The molecular formula is C10H6BrNO3. The van der Waals surface area contributed by atoms with E-state index in [1.807, 2.05) is 6.07 Å². The summed E-state index contributed by atoms with van der Waals surface area (Å²) in [5, 5.41) is 8.86. The van der Waals surface area contributed by atoms with E-state index in [4.69, 9.17) is 5.26 Å². The maximum absolute atomic E-state index is 11.3.